The number of nitrogens with zero attached hydrogens (tertiary/aromatic N) is 4. The fourth-order valence-electron chi connectivity index (χ4n) is 18.5. The van der Waals surface area contributed by atoms with Crippen molar-refractivity contribution in [3.05, 3.63) is 247 Å². The van der Waals surface area contributed by atoms with Crippen molar-refractivity contribution in [3.8, 4) is 22.5 Å². The minimum atomic E-state index is -0.371. The summed E-state index contributed by atoms with van der Waals surface area (Å²) in [5, 5.41) is 4.88. The highest BCUT2D eigenvalue weighted by atomic mass is 15.2. The number of aromatic nitrogens is 2. The van der Waals surface area contributed by atoms with Crippen LogP contribution < -0.4 is 26.2 Å². The summed E-state index contributed by atoms with van der Waals surface area (Å²) < 4.78 is 53.0. The zero-order chi connectivity index (χ0) is 62.9. The molecule has 0 bridgehead atoms. The summed E-state index contributed by atoms with van der Waals surface area (Å²) in [6, 6.07) is 53.5. The third kappa shape index (κ3) is 8.75. The Morgan fingerprint density at radius 3 is 1.34 bits per heavy atom. The molecule has 2 aromatic heterocycles. The number of hydrogen-bond donors (Lipinski definition) is 0. The van der Waals surface area contributed by atoms with Gasteiger partial charge in [-0.2, -0.15) is 0 Å². The molecule has 0 radical (unpaired) electrons. The molecule has 8 aromatic carbocycles. The first kappa shape index (κ1) is 48.4. The molecule has 10 aromatic rings. The van der Waals surface area contributed by atoms with Crippen LogP contribution in [0.3, 0.4) is 0 Å². The number of anilines is 4. The molecule has 0 N–H and O–H groups in total. The van der Waals surface area contributed by atoms with Crippen LogP contribution in [0.25, 0.3) is 66.1 Å². The lowest BCUT2D eigenvalue weighted by Gasteiger charge is -2.53. The number of hydrogen-bond acceptors (Lipinski definition) is 2. The van der Waals surface area contributed by atoms with E-state index < -0.39 is 0 Å². The second-order valence-electron chi connectivity index (χ2n) is 27.0. The molecule has 0 saturated carbocycles. The van der Waals surface area contributed by atoms with Gasteiger partial charge < -0.3 is 18.9 Å². The van der Waals surface area contributed by atoms with E-state index in [2.05, 4.69) is 213 Å². The molecule has 0 fully saturated rings. The summed E-state index contributed by atoms with van der Waals surface area (Å²) in [5.74, 6) is 1.13. The van der Waals surface area contributed by atoms with Crippen molar-refractivity contribution in [1.82, 2.24) is 9.13 Å². The second kappa shape index (κ2) is 22.2. The number of allylic oxidation sites excluding steroid dienone is 8. The number of rotatable bonds is 9. The van der Waals surface area contributed by atoms with Gasteiger partial charge in [0.15, 0.2) is 0 Å². The molecule has 4 nitrogen and oxygen atoms in total. The first-order valence-corrected chi connectivity index (χ1v) is 34.0. The number of benzene rings is 8. The summed E-state index contributed by atoms with van der Waals surface area (Å²) in [6.07, 6.45) is 39.8. The Balaban J connectivity index is 1.04. The van der Waals surface area contributed by atoms with Gasteiger partial charge in [0.05, 0.1) is 41.0 Å². The highest BCUT2D eigenvalue weighted by Gasteiger charge is 2.51. The fraction of sp³-hybridized carbons (Fsp3) is 0.286. The molecule has 18 rings (SSSR count). The molecule has 0 spiro atoms. The molecule has 2 aliphatic heterocycles. The van der Waals surface area contributed by atoms with E-state index in [-0.39, 0.29) is 66.4 Å². The second-order valence-corrected chi connectivity index (χ2v) is 27.0. The van der Waals surface area contributed by atoms with Gasteiger partial charge in [0.2, 0.25) is 0 Å². The SMILES string of the molecule is [2H]c1c([2H])c([2H])c(-c2cc3c4c(c2)N(C2C(C5CC=CCC5)=CCCC2C2=CCCCC2)c2cc5c(cc2B4c2cc4c6ccccc6n(-c6ccccc6)c4cc2N3C2C(C3CC=CCC3)=CCCC2C2=CCCCC2)c2ccccc2n5-c2ccccc2)c([2H])c1[2H]. The molecule has 6 atom stereocenters. The zero-order valence-corrected chi connectivity index (χ0v) is 51.0. The third-order valence-electron chi connectivity index (χ3n) is 22.3. The Morgan fingerprint density at radius 1 is 0.393 bits per heavy atom. The summed E-state index contributed by atoms with van der Waals surface area (Å²) >= 11 is 0. The third-order valence-corrected chi connectivity index (χ3v) is 22.3. The standard InChI is InChI=1S/C84H79BN4/c1-8-28-56(29-9-1)61-50-80-82-81(51-61)89(84-66(59-34-14-4-15-35-59)46-27-47-67(84)60-36-16-5-17-37-60)79-55-77-71(69-43-23-25-49-75(69)87(77)63-40-20-7-21-41-63)53-73(79)85(82)72-52-70-68-42-22-24-48-74(68)86(62-38-18-6-19-39-62)76(70)54-78(72)88(80)83-64(57-30-10-2-11-31-57)44-26-45-65(83)58-32-12-3-13-33-58/h1-2,4,6-10,14,18-25,28-29,32,36,38-44,46,48-55,57,59,65,67,83-84H,3,5,11-13,15-17,26-27,30-31,33-35,37,45,47H2/i1D,8D,9D,28D,29D. The average molecular weight is 1160 g/mol. The predicted octanol–water partition coefficient (Wildman–Crippen LogP) is 20.1. The predicted molar refractivity (Wildman–Crippen MR) is 378 cm³/mol. The number of fused-ring (bicyclic) bond motifs is 10. The van der Waals surface area contributed by atoms with Crippen LogP contribution >= 0.6 is 0 Å². The van der Waals surface area contributed by atoms with Gasteiger partial charge in [0.1, 0.15) is 0 Å². The summed E-state index contributed by atoms with van der Waals surface area (Å²) in [5.41, 5.74) is 22.4. The van der Waals surface area contributed by atoms with E-state index in [1.54, 1.807) is 11.1 Å². The minimum Gasteiger partial charge on any atom is -0.334 e. The molecule has 89 heavy (non-hydrogen) atoms. The van der Waals surface area contributed by atoms with E-state index in [0.29, 0.717) is 17.4 Å². The maximum atomic E-state index is 10.0. The lowest BCUT2D eigenvalue weighted by molar-refractivity contribution is 0.391. The topological polar surface area (TPSA) is 16.3 Å². The van der Waals surface area contributed by atoms with E-state index in [0.717, 1.165) is 124 Å². The van der Waals surface area contributed by atoms with Gasteiger partial charge in [0, 0.05) is 67.5 Å². The Hall–Kier alpha value is -8.54. The summed E-state index contributed by atoms with van der Waals surface area (Å²) in [6.45, 7) is -0.273. The molecule has 0 saturated heterocycles. The lowest BCUT2D eigenvalue weighted by Crippen LogP contribution is -2.65. The van der Waals surface area contributed by atoms with E-state index in [1.807, 2.05) is 0 Å². The van der Waals surface area contributed by atoms with E-state index in [4.69, 9.17) is 1.37 Å². The van der Waals surface area contributed by atoms with Crippen molar-refractivity contribution in [2.24, 2.45) is 23.7 Å². The Labute approximate surface area is 533 Å². The normalized spacial score (nSPS) is 24.0. The molecule has 6 unspecified atom stereocenters. The van der Waals surface area contributed by atoms with Crippen molar-refractivity contribution in [3.63, 3.8) is 0 Å². The quantitative estimate of drug-likeness (QED) is 0.106. The molecule has 5 heteroatoms. The molecule has 438 valence electrons. The van der Waals surface area contributed by atoms with Crippen molar-refractivity contribution in [2.75, 3.05) is 9.80 Å². The van der Waals surface area contributed by atoms with Crippen LogP contribution in [0, 0.1) is 23.7 Å². The largest absolute Gasteiger partial charge is 0.334 e. The van der Waals surface area contributed by atoms with Crippen LogP contribution in [-0.4, -0.2) is 27.9 Å². The van der Waals surface area contributed by atoms with Crippen molar-refractivity contribution < 1.29 is 6.85 Å². The van der Waals surface area contributed by atoms with Crippen LogP contribution in [0.2, 0.25) is 0 Å². The molecule has 6 aliphatic carbocycles. The molecule has 0 amide bonds. The van der Waals surface area contributed by atoms with Gasteiger partial charge in [0.25, 0.3) is 6.71 Å². The van der Waals surface area contributed by atoms with Gasteiger partial charge in [-0.05, 0) is 227 Å². The molecule has 4 heterocycles. The summed E-state index contributed by atoms with van der Waals surface area (Å²) in [7, 11) is 0. The lowest BCUT2D eigenvalue weighted by atomic mass is 9.33. The van der Waals surface area contributed by atoms with Gasteiger partial charge in [-0.3, -0.25) is 0 Å². The van der Waals surface area contributed by atoms with Crippen molar-refractivity contribution in [1.29, 1.82) is 0 Å². The first-order valence-electron chi connectivity index (χ1n) is 36.5. The van der Waals surface area contributed by atoms with Gasteiger partial charge in [-0.15, -0.1) is 0 Å². The maximum Gasteiger partial charge on any atom is 0.252 e. The highest BCUT2D eigenvalue weighted by molar-refractivity contribution is 7.00. The minimum absolute atomic E-state index is 0.0684. The van der Waals surface area contributed by atoms with E-state index >= 15 is 0 Å². The Morgan fingerprint density at radius 2 is 0.876 bits per heavy atom. The van der Waals surface area contributed by atoms with Crippen LogP contribution in [-0.2, 0) is 0 Å². The zero-order valence-electron chi connectivity index (χ0n) is 56.0. The van der Waals surface area contributed by atoms with Gasteiger partial charge >= 0.3 is 0 Å². The summed E-state index contributed by atoms with van der Waals surface area (Å²) in [4.78, 5) is 5.68. The smallest absolute Gasteiger partial charge is 0.252 e. The van der Waals surface area contributed by atoms with Crippen LogP contribution in [0.15, 0.2) is 247 Å². The van der Waals surface area contributed by atoms with Gasteiger partial charge in [-0.25, -0.2) is 0 Å². The number of para-hydroxylation sites is 4. The molecule has 8 aliphatic rings. The van der Waals surface area contributed by atoms with Gasteiger partial charge in [-0.1, -0.05) is 175 Å². The van der Waals surface area contributed by atoms with Crippen LogP contribution in [0.4, 0.5) is 22.7 Å². The monoisotopic (exact) mass is 1160 g/mol. The van der Waals surface area contributed by atoms with Crippen molar-refractivity contribution in [2.45, 2.75) is 128 Å². The van der Waals surface area contributed by atoms with E-state index in [1.165, 1.54) is 97.2 Å². The highest BCUT2D eigenvalue weighted by Crippen LogP contribution is 2.54. The van der Waals surface area contributed by atoms with Crippen LogP contribution in [0.1, 0.15) is 122 Å². The Bertz CT molecular complexity index is 4650. The molecular weight excluding hydrogens is 1080 g/mol. The molecular formula is C84H79BN4. The first-order chi connectivity index (χ1) is 46.3. The maximum absolute atomic E-state index is 10.0. The van der Waals surface area contributed by atoms with E-state index in [9.17, 15) is 5.48 Å². The van der Waals surface area contributed by atoms with Crippen molar-refractivity contribution >= 4 is 89.5 Å². The fourth-order valence-corrected chi connectivity index (χ4v) is 18.5. The Kier molecular flexibility index (Phi) is 12.1. The average Bonchev–Trinajstić information content (AvgIpc) is 1.04. The van der Waals surface area contributed by atoms with Crippen LogP contribution in [0.5, 0.6) is 0 Å².